The molecular weight excluding hydrogens is 280 g/mol. The van der Waals surface area contributed by atoms with E-state index >= 15 is 0 Å². The van der Waals surface area contributed by atoms with Crippen LogP contribution >= 0.6 is 0 Å². The van der Waals surface area contributed by atoms with Gasteiger partial charge in [-0.2, -0.15) is 0 Å². The van der Waals surface area contributed by atoms with Crippen molar-refractivity contribution < 1.29 is 14.7 Å². The fourth-order valence-corrected chi connectivity index (χ4v) is 2.92. The first-order valence-electron chi connectivity index (χ1n) is 7.68. The Morgan fingerprint density at radius 1 is 1.09 bits per heavy atom. The van der Waals surface area contributed by atoms with Crippen molar-refractivity contribution in [1.82, 2.24) is 9.80 Å². The zero-order valence-electron chi connectivity index (χ0n) is 13.3. The average molecular weight is 304 g/mol. The van der Waals surface area contributed by atoms with Crippen LogP contribution in [0.4, 0.5) is 0 Å². The summed E-state index contributed by atoms with van der Waals surface area (Å²) in [6.45, 7) is 0.347. The van der Waals surface area contributed by atoms with Gasteiger partial charge in [0, 0.05) is 26.2 Å². The SMILES string of the molecule is CN(CC1(O)CCCC1)C(=O)CN(C)C(=O)c1ccccc1. The van der Waals surface area contributed by atoms with Crippen LogP contribution in [0.1, 0.15) is 36.0 Å². The van der Waals surface area contributed by atoms with Crippen molar-refractivity contribution in [2.45, 2.75) is 31.3 Å². The second kappa shape index (κ2) is 6.92. The summed E-state index contributed by atoms with van der Waals surface area (Å²) in [7, 11) is 3.30. The Balaban J connectivity index is 1.89. The molecule has 5 heteroatoms. The lowest BCUT2D eigenvalue weighted by Gasteiger charge is -2.29. The van der Waals surface area contributed by atoms with Gasteiger partial charge in [-0.1, -0.05) is 31.0 Å². The maximum atomic E-state index is 12.2. The molecule has 0 unspecified atom stereocenters. The number of hydrogen-bond donors (Lipinski definition) is 1. The minimum absolute atomic E-state index is 0.0142. The fourth-order valence-electron chi connectivity index (χ4n) is 2.92. The molecule has 5 nitrogen and oxygen atoms in total. The number of carbonyl (C=O) groups is 2. The molecule has 0 spiro atoms. The minimum Gasteiger partial charge on any atom is -0.388 e. The summed E-state index contributed by atoms with van der Waals surface area (Å²) in [5.41, 5.74) is -0.193. The van der Waals surface area contributed by atoms with Crippen LogP contribution in [0.5, 0.6) is 0 Å². The summed E-state index contributed by atoms with van der Waals surface area (Å²) in [5, 5.41) is 10.4. The summed E-state index contributed by atoms with van der Waals surface area (Å²) in [6.07, 6.45) is 3.49. The second-order valence-electron chi connectivity index (χ2n) is 6.21. The van der Waals surface area contributed by atoms with Gasteiger partial charge in [-0.15, -0.1) is 0 Å². The predicted octanol–water partition coefficient (Wildman–Crippen LogP) is 1.52. The largest absolute Gasteiger partial charge is 0.388 e. The summed E-state index contributed by atoms with van der Waals surface area (Å²) in [6, 6.07) is 8.90. The molecule has 1 aromatic rings. The first kappa shape index (κ1) is 16.5. The Hall–Kier alpha value is -1.88. The number of rotatable bonds is 5. The molecule has 2 rings (SSSR count). The Morgan fingerprint density at radius 2 is 1.68 bits per heavy atom. The number of carbonyl (C=O) groups excluding carboxylic acids is 2. The van der Waals surface area contributed by atoms with E-state index < -0.39 is 5.60 Å². The molecule has 120 valence electrons. The lowest BCUT2D eigenvalue weighted by Crippen LogP contribution is -2.46. The summed E-state index contributed by atoms with van der Waals surface area (Å²) < 4.78 is 0. The fraction of sp³-hybridized carbons (Fsp3) is 0.529. The van der Waals surface area contributed by atoms with Crippen LogP contribution in [0.15, 0.2) is 30.3 Å². The van der Waals surface area contributed by atoms with E-state index in [4.69, 9.17) is 0 Å². The molecule has 22 heavy (non-hydrogen) atoms. The molecule has 1 aromatic carbocycles. The van der Waals surface area contributed by atoms with E-state index in [2.05, 4.69) is 0 Å². The van der Waals surface area contributed by atoms with E-state index in [1.807, 2.05) is 6.07 Å². The van der Waals surface area contributed by atoms with Crippen LogP contribution in [0.25, 0.3) is 0 Å². The van der Waals surface area contributed by atoms with Crippen molar-refractivity contribution in [3.63, 3.8) is 0 Å². The molecule has 1 saturated carbocycles. The third-order valence-corrected chi connectivity index (χ3v) is 4.23. The monoisotopic (exact) mass is 304 g/mol. The van der Waals surface area contributed by atoms with E-state index in [0.717, 1.165) is 25.7 Å². The van der Waals surface area contributed by atoms with Gasteiger partial charge in [0.25, 0.3) is 5.91 Å². The van der Waals surface area contributed by atoms with Gasteiger partial charge < -0.3 is 14.9 Å². The van der Waals surface area contributed by atoms with Crippen molar-refractivity contribution in [2.75, 3.05) is 27.2 Å². The minimum atomic E-state index is -0.758. The highest BCUT2D eigenvalue weighted by molar-refractivity contribution is 5.96. The Morgan fingerprint density at radius 3 is 2.27 bits per heavy atom. The van der Waals surface area contributed by atoms with E-state index in [9.17, 15) is 14.7 Å². The maximum Gasteiger partial charge on any atom is 0.254 e. The van der Waals surface area contributed by atoms with Crippen molar-refractivity contribution in [3.8, 4) is 0 Å². The van der Waals surface area contributed by atoms with Gasteiger partial charge in [0.1, 0.15) is 0 Å². The highest BCUT2D eigenvalue weighted by Crippen LogP contribution is 2.29. The molecule has 1 aliphatic rings. The summed E-state index contributed by atoms with van der Waals surface area (Å²) in [4.78, 5) is 27.4. The summed E-state index contributed by atoms with van der Waals surface area (Å²) >= 11 is 0. The molecule has 0 bridgehead atoms. The Bertz CT molecular complexity index is 524. The van der Waals surface area contributed by atoms with E-state index in [1.165, 1.54) is 9.80 Å². The van der Waals surface area contributed by atoms with Crippen molar-refractivity contribution in [3.05, 3.63) is 35.9 Å². The lowest BCUT2D eigenvalue weighted by molar-refractivity contribution is -0.133. The van der Waals surface area contributed by atoms with Gasteiger partial charge >= 0.3 is 0 Å². The van der Waals surface area contributed by atoms with E-state index in [-0.39, 0.29) is 18.4 Å². The number of likely N-dealkylation sites (N-methyl/N-ethyl adjacent to an activating group) is 2. The molecule has 2 amide bonds. The molecule has 0 atom stereocenters. The van der Waals surface area contributed by atoms with E-state index in [0.29, 0.717) is 12.1 Å². The normalized spacial score (nSPS) is 16.3. The van der Waals surface area contributed by atoms with Crippen LogP contribution in [-0.4, -0.2) is 59.5 Å². The molecule has 0 aromatic heterocycles. The van der Waals surface area contributed by atoms with Crippen LogP contribution in [0, 0.1) is 0 Å². The van der Waals surface area contributed by atoms with Gasteiger partial charge in [0.05, 0.1) is 12.1 Å². The maximum absolute atomic E-state index is 12.2. The number of nitrogens with zero attached hydrogens (tertiary/aromatic N) is 2. The molecule has 0 saturated heterocycles. The quantitative estimate of drug-likeness (QED) is 0.897. The molecule has 0 radical (unpaired) electrons. The topological polar surface area (TPSA) is 60.9 Å². The molecule has 0 heterocycles. The van der Waals surface area contributed by atoms with Crippen molar-refractivity contribution in [2.24, 2.45) is 0 Å². The number of amides is 2. The molecule has 1 fully saturated rings. The highest BCUT2D eigenvalue weighted by atomic mass is 16.3. The van der Waals surface area contributed by atoms with Gasteiger partial charge in [-0.3, -0.25) is 9.59 Å². The third-order valence-electron chi connectivity index (χ3n) is 4.23. The smallest absolute Gasteiger partial charge is 0.254 e. The van der Waals surface area contributed by atoms with Gasteiger partial charge in [0.15, 0.2) is 0 Å². The molecule has 1 N–H and O–H groups in total. The third kappa shape index (κ3) is 4.07. The molecular formula is C17H24N2O3. The predicted molar refractivity (Wildman–Crippen MR) is 84.5 cm³/mol. The van der Waals surface area contributed by atoms with Crippen LogP contribution < -0.4 is 0 Å². The summed E-state index contributed by atoms with van der Waals surface area (Å²) in [5.74, 6) is -0.339. The standard InChI is InChI=1S/C17H24N2O3/c1-18(16(21)14-8-4-3-5-9-14)12-15(20)19(2)13-17(22)10-6-7-11-17/h3-5,8-9,22H,6-7,10-13H2,1-2H3. The molecule has 0 aliphatic heterocycles. The number of hydrogen-bond acceptors (Lipinski definition) is 3. The zero-order chi connectivity index (χ0) is 16.2. The zero-order valence-corrected chi connectivity index (χ0v) is 13.3. The van der Waals surface area contributed by atoms with Gasteiger partial charge in [-0.05, 0) is 25.0 Å². The van der Waals surface area contributed by atoms with Crippen LogP contribution in [0.2, 0.25) is 0 Å². The first-order valence-corrected chi connectivity index (χ1v) is 7.68. The molecule has 1 aliphatic carbocycles. The van der Waals surface area contributed by atoms with Crippen LogP contribution in [0.3, 0.4) is 0 Å². The lowest BCUT2D eigenvalue weighted by atomic mass is 10.0. The Kier molecular flexibility index (Phi) is 5.19. The van der Waals surface area contributed by atoms with Gasteiger partial charge in [0.2, 0.25) is 5.91 Å². The second-order valence-corrected chi connectivity index (χ2v) is 6.21. The van der Waals surface area contributed by atoms with E-state index in [1.54, 1.807) is 38.4 Å². The highest BCUT2D eigenvalue weighted by Gasteiger charge is 2.33. The Labute approximate surface area is 131 Å². The van der Waals surface area contributed by atoms with Gasteiger partial charge in [-0.25, -0.2) is 0 Å². The average Bonchev–Trinajstić information content (AvgIpc) is 2.93. The number of benzene rings is 1. The van der Waals surface area contributed by atoms with Crippen molar-refractivity contribution in [1.29, 1.82) is 0 Å². The van der Waals surface area contributed by atoms with Crippen molar-refractivity contribution >= 4 is 11.8 Å². The first-order chi connectivity index (χ1) is 10.4. The van der Waals surface area contributed by atoms with Crippen LogP contribution in [-0.2, 0) is 4.79 Å². The number of aliphatic hydroxyl groups is 1.